The first kappa shape index (κ1) is 11.6. The Morgan fingerprint density at radius 3 is 2.94 bits per heavy atom. The van der Waals surface area contributed by atoms with Gasteiger partial charge in [0.05, 0.1) is 0 Å². The molecule has 0 aromatic rings. The van der Waals surface area contributed by atoms with E-state index in [4.69, 9.17) is 0 Å². The number of fused-ring (bicyclic) bond motifs is 2. The summed E-state index contributed by atoms with van der Waals surface area (Å²) in [5, 5.41) is 4.10. The van der Waals surface area contributed by atoms with E-state index in [1.165, 1.54) is 25.7 Å². The summed E-state index contributed by atoms with van der Waals surface area (Å²) in [6.07, 6.45) is 10.1. The topological polar surface area (TPSA) is 41.5 Å². The van der Waals surface area contributed by atoms with Gasteiger partial charge in [-0.3, -0.25) is 4.79 Å². The van der Waals surface area contributed by atoms with Gasteiger partial charge in [0.15, 0.2) is 0 Å². The number of hydrazone groups is 1. The van der Waals surface area contributed by atoms with Crippen molar-refractivity contribution < 1.29 is 4.79 Å². The van der Waals surface area contributed by atoms with Gasteiger partial charge in [-0.25, -0.2) is 5.43 Å². The van der Waals surface area contributed by atoms with Gasteiger partial charge in [-0.15, -0.1) is 0 Å². The summed E-state index contributed by atoms with van der Waals surface area (Å²) < 4.78 is 0. The molecule has 1 N–H and O–H groups in total. The van der Waals surface area contributed by atoms with Crippen molar-refractivity contribution in [3.8, 4) is 0 Å². The van der Waals surface area contributed by atoms with Crippen LogP contribution >= 0.6 is 0 Å². The predicted molar refractivity (Wildman–Crippen MR) is 65.1 cm³/mol. The van der Waals surface area contributed by atoms with Crippen LogP contribution in [0.25, 0.3) is 0 Å². The highest BCUT2D eigenvalue weighted by molar-refractivity contribution is 5.76. The Kier molecular flexibility index (Phi) is 3.97. The van der Waals surface area contributed by atoms with Crippen molar-refractivity contribution in [1.29, 1.82) is 0 Å². The minimum Gasteiger partial charge on any atom is -0.273 e. The summed E-state index contributed by atoms with van der Waals surface area (Å²) in [7, 11) is 0. The SMILES string of the molecule is CCCCC(=O)N/N=C/C1CC2CCC1C2. The number of hydrogen-bond donors (Lipinski definition) is 1. The third-order valence-electron chi connectivity index (χ3n) is 4.01. The molecule has 16 heavy (non-hydrogen) atoms. The fraction of sp³-hybridized carbons (Fsp3) is 0.846. The molecule has 0 aromatic heterocycles. The maximum Gasteiger partial charge on any atom is 0.240 e. The first-order chi connectivity index (χ1) is 7.79. The van der Waals surface area contributed by atoms with Crippen LogP contribution in [0.3, 0.4) is 0 Å². The van der Waals surface area contributed by atoms with Gasteiger partial charge in [0.2, 0.25) is 5.91 Å². The zero-order valence-electron chi connectivity index (χ0n) is 10.1. The van der Waals surface area contributed by atoms with E-state index in [0.717, 1.165) is 24.7 Å². The minimum absolute atomic E-state index is 0.0567. The second-order valence-corrected chi connectivity index (χ2v) is 5.26. The summed E-state index contributed by atoms with van der Waals surface area (Å²) in [5.41, 5.74) is 2.63. The van der Waals surface area contributed by atoms with Crippen molar-refractivity contribution in [2.24, 2.45) is 22.9 Å². The zero-order chi connectivity index (χ0) is 11.4. The van der Waals surface area contributed by atoms with Gasteiger partial charge in [0.1, 0.15) is 0 Å². The number of carbonyl (C=O) groups excluding carboxylic acids is 1. The zero-order valence-corrected chi connectivity index (χ0v) is 10.1. The monoisotopic (exact) mass is 222 g/mol. The molecule has 0 aliphatic heterocycles. The Hall–Kier alpha value is -0.860. The van der Waals surface area contributed by atoms with Crippen molar-refractivity contribution >= 4 is 12.1 Å². The normalized spacial score (nSPS) is 32.4. The molecule has 1 amide bonds. The van der Waals surface area contributed by atoms with Crippen LogP contribution in [0.1, 0.15) is 51.9 Å². The van der Waals surface area contributed by atoms with E-state index in [0.29, 0.717) is 12.3 Å². The Bertz CT molecular complexity index is 275. The summed E-state index contributed by atoms with van der Waals surface area (Å²) in [5.74, 6) is 2.48. The summed E-state index contributed by atoms with van der Waals surface area (Å²) in [4.78, 5) is 11.3. The summed E-state index contributed by atoms with van der Waals surface area (Å²) in [6.45, 7) is 2.09. The predicted octanol–water partition coefficient (Wildman–Crippen LogP) is 2.71. The Balaban J connectivity index is 1.67. The van der Waals surface area contributed by atoms with Crippen molar-refractivity contribution in [2.75, 3.05) is 0 Å². The van der Waals surface area contributed by atoms with Gasteiger partial charge in [0.25, 0.3) is 0 Å². The second-order valence-electron chi connectivity index (χ2n) is 5.26. The molecule has 2 rings (SSSR count). The molecule has 2 aliphatic carbocycles. The number of carbonyl (C=O) groups is 1. The minimum atomic E-state index is 0.0567. The molecule has 2 bridgehead atoms. The number of nitrogens with zero attached hydrogens (tertiary/aromatic N) is 1. The number of nitrogens with one attached hydrogen (secondary N) is 1. The van der Waals surface area contributed by atoms with Crippen LogP contribution in [0.15, 0.2) is 5.10 Å². The number of rotatable bonds is 5. The average molecular weight is 222 g/mol. The highest BCUT2D eigenvalue weighted by Crippen LogP contribution is 2.47. The molecule has 0 radical (unpaired) electrons. The molecule has 3 atom stereocenters. The van der Waals surface area contributed by atoms with E-state index < -0.39 is 0 Å². The van der Waals surface area contributed by atoms with Crippen molar-refractivity contribution in [1.82, 2.24) is 5.43 Å². The van der Waals surface area contributed by atoms with E-state index in [-0.39, 0.29) is 5.91 Å². The molecule has 0 spiro atoms. The van der Waals surface area contributed by atoms with Crippen molar-refractivity contribution in [2.45, 2.75) is 51.9 Å². The Morgan fingerprint density at radius 1 is 1.44 bits per heavy atom. The Morgan fingerprint density at radius 2 is 2.31 bits per heavy atom. The third kappa shape index (κ3) is 2.83. The number of unbranched alkanes of at least 4 members (excludes halogenated alkanes) is 1. The molecule has 2 aliphatic rings. The van der Waals surface area contributed by atoms with Gasteiger partial charge >= 0.3 is 0 Å². The van der Waals surface area contributed by atoms with Crippen LogP contribution in [-0.4, -0.2) is 12.1 Å². The molecule has 0 heterocycles. The van der Waals surface area contributed by atoms with Crippen LogP contribution in [0, 0.1) is 17.8 Å². The standard InChI is InChI=1S/C13H22N2O/c1-2-3-4-13(16)15-14-9-12-8-10-5-6-11(12)7-10/h9-12H,2-8H2,1H3,(H,15,16)/b14-9+. The second kappa shape index (κ2) is 5.46. The number of hydrogen-bond acceptors (Lipinski definition) is 2. The molecule has 3 nitrogen and oxygen atoms in total. The fourth-order valence-electron chi connectivity index (χ4n) is 3.07. The van der Waals surface area contributed by atoms with Gasteiger partial charge in [-0.05, 0) is 43.4 Å². The molecular formula is C13H22N2O. The smallest absolute Gasteiger partial charge is 0.240 e. The highest BCUT2D eigenvalue weighted by atomic mass is 16.2. The quantitative estimate of drug-likeness (QED) is 0.564. The summed E-state index contributed by atoms with van der Waals surface area (Å²) >= 11 is 0. The molecule has 2 saturated carbocycles. The summed E-state index contributed by atoms with van der Waals surface area (Å²) in [6, 6.07) is 0. The molecule has 90 valence electrons. The fourth-order valence-corrected chi connectivity index (χ4v) is 3.07. The molecule has 2 fully saturated rings. The van der Waals surface area contributed by atoms with E-state index in [1.807, 2.05) is 6.21 Å². The third-order valence-corrected chi connectivity index (χ3v) is 4.01. The average Bonchev–Trinajstić information content (AvgIpc) is 2.88. The molecule has 3 unspecified atom stereocenters. The van der Waals surface area contributed by atoms with E-state index in [9.17, 15) is 4.79 Å². The largest absolute Gasteiger partial charge is 0.273 e. The first-order valence-corrected chi connectivity index (χ1v) is 6.61. The van der Waals surface area contributed by atoms with E-state index in [2.05, 4.69) is 17.5 Å². The van der Waals surface area contributed by atoms with Gasteiger partial charge in [-0.2, -0.15) is 5.10 Å². The highest BCUT2D eigenvalue weighted by Gasteiger charge is 2.38. The van der Waals surface area contributed by atoms with E-state index >= 15 is 0 Å². The lowest BCUT2D eigenvalue weighted by atomic mass is 9.90. The molecular weight excluding hydrogens is 200 g/mol. The van der Waals surface area contributed by atoms with Gasteiger partial charge in [0, 0.05) is 12.6 Å². The lowest BCUT2D eigenvalue weighted by Gasteiger charge is -2.16. The van der Waals surface area contributed by atoms with Crippen LogP contribution in [-0.2, 0) is 4.79 Å². The maximum atomic E-state index is 11.3. The Labute approximate surface area is 97.7 Å². The van der Waals surface area contributed by atoms with Crippen molar-refractivity contribution in [3.63, 3.8) is 0 Å². The molecule has 3 heteroatoms. The van der Waals surface area contributed by atoms with E-state index in [1.54, 1.807) is 0 Å². The van der Waals surface area contributed by atoms with Crippen molar-refractivity contribution in [3.05, 3.63) is 0 Å². The molecule has 0 aromatic carbocycles. The van der Waals surface area contributed by atoms with Crippen LogP contribution in [0.2, 0.25) is 0 Å². The van der Waals surface area contributed by atoms with Gasteiger partial charge in [-0.1, -0.05) is 19.8 Å². The van der Waals surface area contributed by atoms with Crippen LogP contribution in [0.5, 0.6) is 0 Å². The van der Waals surface area contributed by atoms with Crippen LogP contribution in [0.4, 0.5) is 0 Å². The van der Waals surface area contributed by atoms with Crippen LogP contribution < -0.4 is 5.43 Å². The van der Waals surface area contributed by atoms with Gasteiger partial charge < -0.3 is 0 Å². The lowest BCUT2D eigenvalue weighted by molar-refractivity contribution is -0.121. The number of amides is 1. The maximum absolute atomic E-state index is 11.3. The first-order valence-electron chi connectivity index (χ1n) is 6.61. The molecule has 0 saturated heterocycles. The lowest BCUT2D eigenvalue weighted by Crippen LogP contribution is -2.19.